The van der Waals surface area contributed by atoms with E-state index in [4.69, 9.17) is 5.73 Å². The zero-order valence-electron chi connectivity index (χ0n) is 8.27. The van der Waals surface area contributed by atoms with E-state index in [0.29, 0.717) is 0 Å². The van der Waals surface area contributed by atoms with Crippen molar-refractivity contribution in [2.24, 2.45) is 10.8 Å². The van der Waals surface area contributed by atoms with Crippen LogP contribution in [0, 0.1) is 5.82 Å². The number of nitrogens with one attached hydrogen (secondary N) is 1. The zero-order valence-corrected chi connectivity index (χ0v) is 8.27. The SMILES string of the molecule is CC(N)/C=N/NC(=O)c1cccc(F)c1. The van der Waals surface area contributed by atoms with E-state index < -0.39 is 11.7 Å². The molecule has 1 atom stereocenters. The molecule has 0 aliphatic carbocycles. The van der Waals surface area contributed by atoms with Gasteiger partial charge in [-0.05, 0) is 25.1 Å². The highest BCUT2D eigenvalue weighted by molar-refractivity contribution is 5.94. The molecule has 3 N–H and O–H groups in total. The largest absolute Gasteiger partial charge is 0.323 e. The van der Waals surface area contributed by atoms with Gasteiger partial charge in [0.05, 0.1) is 0 Å². The van der Waals surface area contributed by atoms with Crippen molar-refractivity contribution in [1.29, 1.82) is 0 Å². The molecule has 80 valence electrons. The second-order valence-corrected chi connectivity index (χ2v) is 3.09. The molecular formula is C10H12FN3O. The van der Waals surface area contributed by atoms with Crippen molar-refractivity contribution in [3.8, 4) is 0 Å². The second-order valence-electron chi connectivity index (χ2n) is 3.09. The summed E-state index contributed by atoms with van der Waals surface area (Å²) in [5, 5.41) is 3.60. The average molecular weight is 209 g/mol. The van der Waals surface area contributed by atoms with E-state index in [-0.39, 0.29) is 11.6 Å². The van der Waals surface area contributed by atoms with Crippen LogP contribution in [-0.2, 0) is 0 Å². The fourth-order valence-electron chi connectivity index (χ4n) is 0.908. The minimum Gasteiger partial charge on any atom is -0.323 e. The monoisotopic (exact) mass is 209 g/mol. The number of carbonyl (C=O) groups is 1. The van der Waals surface area contributed by atoms with Crippen molar-refractivity contribution >= 4 is 12.1 Å². The summed E-state index contributed by atoms with van der Waals surface area (Å²) in [4.78, 5) is 11.3. The highest BCUT2D eigenvalue weighted by Gasteiger charge is 2.04. The lowest BCUT2D eigenvalue weighted by molar-refractivity contribution is 0.0954. The standard InChI is InChI=1S/C10H12FN3O/c1-7(12)6-13-14-10(15)8-3-2-4-9(11)5-8/h2-7H,12H2,1H3,(H,14,15)/b13-6+. The Hall–Kier alpha value is -1.75. The van der Waals surface area contributed by atoms with E-state index in [9.17, 15) is 9.18 Å². The van der Waals surface area contributed by atoms with Crippen LogP contribution in [0.2, 0.25) is 0 Å². The van der Waals surface area contributed by atoms with Gasteiger partial charge in [-0.25, -0.2) is 9.82 Å². The first-order valence-corrected chi connectivity index (χ1v) is 4.44. The van der Waals surface area contributed by atoms with Gasteiger partial charge in [0.15, 0.2) is 0 Å². The molecule has 0 aromatic heterocycles. The molecule has 1 aromatic carbocycles. The Balaban J connectivity index is 2.62. The number of rotatable bonds is 3. The van der Waals surface area contributed by atoms with Crippen molar-refractivity contribution < 1.29 is 9.18 Å². The van der Waals surface area contributed by atoms with Crippen molar-refractivity contribution in [3.05, 3.63) is 35.6 Å². The number of carbonyl (C=O) groups excluding carboxylic acids is 1. The van der Waals surface area contributed by atoms with Crippen LogP contribution < -0.4 is 11.2 Å². The van der Waals surface area contributed by atoms with E-state index >= 15 is 0 Å². The van der Waals surface area contributed by atoms with Crippen LogP contribution in [-0.4, -0.2) is 18.2 Å². The Morgan fingerprint density at radius 1 is 1.67 bits per heavy atom. The van der Waals surface area contributed by atoms with E-state index in [0.717, 1.165) is 6.07 Å². The fourth-order valence-corrected chi connectivity index (χ4v) is 0.908. The summed E-state index contributed by atoms with van der Waals surface area (Å²) >= 11 is 0. The van der Waals surface area contributed by atoms with E-state index in [1.165, 1.54) is 24.4 Å². The maximum atomic E-state index is 12.7. The van der Waals surface area contributed by atoms with Gasteiger partial charge in [0.1, 0.15) is 5.82 Å². The van der Waals surface area contributed by atoms with Gasteiger partial charge in [0.2, 0.25) is 0 Å². The van der Waals surface area contributed by atoms with Crippen molar-refractivity contribution in [2.45, 2.75) is 13.0 Å². The Kier molecular flexibility index (Phi) is 3.93. The molecule has 0 aliphatic heterocycles. The molecule has 15 heavy (non-hydrogen) atoms. The van der Waals surface area contributed by atoms with Crippen LogP contribution in [0.1, 0.15) is 17.3 Å². The van der Waals surface area contributed by atoms with Crippen LogP contribution in [0.5, 0.6) is 0 Å². The van der Waals surface area contributed by atoms with Crippen LogP contribution in [0.25, 0.3) is 0 Å². The highest BCUT2D eigenvalue weighted by Crippen LogP contribution is 2.02. The van der Waals surface area contributed by atoms with Gasteiger partial charge >= 0.3 is 0 Å². The molecule has 0 fully saturated rings. The van der Waals surface area contributed by atoms with Crippen molar-refractivity contribution in [2.75, 3.05) is 0 Å². The molecule has 0 saturated carbocycles. The summed E-state index contributed by atoms with van der Waals surface area (Å²) in [6.45, 7) is 1.72. The zero-order chi connectivity index (χ0) is 11.3. The number of amides is 1. The second kappa shape index (κ2) is 5.21. The normalized spacial score (nSPS) is 12.7. The summed E-state index contributed by atoms with van der Waals surface area (Å²) < 4.78 is 12.7. The molecule has 1 aromatic rings. The molecule has 1 rings (SSSR count). The summed E-state index contributed by atoms with van der Waals surface area (Å²) in [5.41, 5.74) is 7.84. The van der Waals surface area contributed by atoms with E-state index in [1.54, 1.807) is 6.92 Å². The first kappa shape index (κ1) is 11.3. The Morgan fingerprint density at radius 3 is 3.00 bits per heavy atom. The van der Waals surface area contributed by atoms with Gasteiger partial charge in [0, 0.05) is 17.8 Å². The summed E-state index contributed by atoms with van der Waals surface area (Å²) in [5.74, 6) is -0.926. The maximum absolute atomic E-state index is 12.7. The van der Waals surface area contributed by atoms with Crippen molar-refractivity contribution in [3.63, 3.8) is 0 Å². The number of benzene rings is 1. The van der Waals surface area contributed by atoms with Gasteiger partial charge in [-0.15, -0.1) is 0 Å². The minimum atomic E-state index is -0.466. The Labute approximate surface area is 87.0 Å². The number of nitrogens with zero attached hydrogens (tertiary/aromatic N) is 1. The average Bonchev–Trinajstić information content (AvgIpc) is 2.17. The molecular weight excluding hydrogens is 197 g/mol. The number of hydrogen-bond donors (Lipinski definition) is 2. The fraction of sp³-hybridized carbons (Fsp3) is 0.200. The number of hydrogen-bond acceptors (Lipinski definition) is 3. The molecule has 0 aliphatic rings. The summed E-state index contributed by atoms with van der Waals surface area (Å²) in [7, 11) is 0. The van der Waals surface area contributed by atoms with Crippen LogP contribution in [0.15, 0.2) is 29.4 Å². The third-order valence-electron chi connectivity index (χ3n) is 1.56. The molecule has 0 heterocycles. The Bertz CT molecular complexity index is 377. The lowest BCUT2D eigenvalue weighted by atomic mass is 10.2. The predicted molar refractivity (Wildman–Crippen MR) is 56.0 cm³/mol. The number of nitrogens with two attached hydrogens (primary N) is 1. The topological polar surface area (TPSA) is 67.5 Å². The van der Waals surface area contributed by atoms with Gasteiger partial charge in [-0.2, -0.15) is 5.10 Å². The predicted octanol–water partition coefficient (Wildman–Crippen LogP) is 0.889. The third kappa shape index (κ3) is 3.86. The smallest absolute Gasteiger partial charge is 0.271 e. The highest BCUT2D eigenvalue weighted by atomic mass is 19.1. The van der Waals surface area contributed by atoms with E-state index in [1.807, 2.05) is 0 Å². The van der Waals surface area contributed by atoms with Crippen LogP contribution in [0.4, 0.5) is 4.39 Å². The van der Waals surface area contributed by atoms with Gasteiger partial charge in [-0.1, -0.05) is 6.07 Å². The minimum absolute atomic E-state index is 0.219. The van der Waals surface area contributed by atoms with Crippen LogP contribution >= 0.6 is 0 Å². The molecule has 0 saturated heterocycles. The molecule has 0 radical (unpaired) electrons. The third-order valence-corrected chi connectivity index (χ3v) is 1.56. The Morgan fingerprint density at radius 2 is 2.40 bits per heavy atom. The molecule has 1 unspecified atom stereocenters. The quantitative estimate of drug-likeness (QED) is 0.573. The number of hydrazone groups is 1. The molecule has 0 bridgehead atoms. The first-order valence-electron chi connectivity index (χ1n) is 4.44. The van der Waals surface area contributed by atoms with Crippen LogP contribution in [0.3, 0.4) is 0 Å². The molecule has 1 amide bonds. The van der Waals surface area contributed by atoms with E-state index in [2.05, 4.69) is 10.5 Å². The first-order chi connectivity index (χ1) is 7.09. The molecule has 0 spiro atoms. The summed E-state index contributed by atoms with van der Waals surface area (Å²) in [6, 6.07) is 5.12. The lowest BCUT2D eigenvalue weighted by Crippen LogP contribution is -2.22. The summed E-state index contributed by atoms with van der Waals surface area (Å²) in [6.07, 6.45) is 1.39. The lowest BCUT2D eigenvalue weighted by Gasteiger charge is -2.00. The number of halogens is 1. The molecule has 5 heteroatoms. The maximum Gasteiger partial charge on any atom is 0.271 e. The van der Waals surface area contributed by atoms with Gasteiger partial charge in [0.25, 0.3) is 5.91 Å². The van der Waals surface area contributed by atoms with Gasteiger partial charge < -0.3 is 5.73 Å². The van der Waals surface area contributed by atoms with Crippen molar-refractivity contribution in [1.82, 2.24) is 5.43 Å². The molecule has 4 nitrogen and oxygen atoms in total. The van der Waals surface area contributed by atoms with Gasteiger partial charge in [-0.3, -0.25) is 4.79 Å².